The van der Waals surface area contributed by atoms with E-state index in [-0.39, 0.29) is 6.42 Å². The predicted molar refractivity (Wildman–Crippen MR) is 40.8 cm³/mol. The first-order valence-electron chi connectivity index (χ1n) is 3.67. The van der Waals surface area contributed by atoms with E-state index in [1.807, 2.05) is 19.9 Å². The summed E-state index contributed by atoms with van der Waals surface area (Å²) < 4.78 is 0. The molecule has 0 aromatic carbocycles. The molecule has 0 heterocycles. The van der Waals surface area contributed by atoms with Crippen molar-refractivity contribution < 1.29 is 9.90 Å². The summed E-state index contributed by atoms with van der Waals surface area (Å²) in [5.74, 6) is -1.01. The molecule has 3 nitrogen and oxygen atoms in total. The standard InChI is InChI=1S/C8H13NO2/c1-6(2)5-7(3-4-9)8(10)11/h6-7H,3,5H2,1-2H3,(H,10,11)/t7-/m0/s1. The predicted octanol–water partition coefficient (Wildman–Crippen LogP) is 1.65. The highest BCUT2D eigenvalue weighted by atomic mass is 16.4. The second kappa shape index (κ2) is 4.73. The molecule has 1 N–H and O–H groups in total. The van der Waals surface area contributed by atoms with Crippen LogP contribution in [0.3, 0.4) is 0 Å². The molecule has 0 aliphatic carbocycles. The van der Waals surface area contributed by atoms with Crippen LogP contribution in [0, 0.1) is 23.2 Å². The van der Waals surface area contributed by atoms with Crippen LogP contribution in [-0.4, -0.2) is 11.1 Å². The summed E-state index contributed by atoms with van der Waals surface area (Å²) in [6.45, 7) is 3.90. The molecule has 0 unspecified atom stereocenters. The highest BCUT2D eigenvalue weighted by Gasteiger charge is 2.17. The first-order valence-corrected chi connectivity index (χ1v) is 3.67. The second-order valence-electron chi connectivity index (χ2n) is 3.03. The van der Waals surface area contributed by atoms with Gasteiger partial charge in [0.1, 0.15) is 0 Å². The Bertz CT molecular complexity index is 169. The topological polar surface area (TPSA) is 61.1 Å². The Morgan fingerprint density at radius 1 is 1.64 bits per heavy atom. The van der Waals surface area contributed by atoms with Gasteiger partial charge >= 0.3 is 5.97 Å². The molecular weight excluding hydrogens is 142 g/mol. The zero-order valence-corrected chi connectivity index (χ0v) is 6.87. The van der Waals surface area contributed by atoms with E-state index in [1.54, 1.807) is 0 Å². The molecule has 0 fully saturated rings. The van der Waals surface area contributed by atoms with E-state index in [0.717, 1.165) is 0 Å². The van der Waals surface area contributed by atoms with Crippen molar-refractivity contribution in [3.63, 3.8) is 0 Å². The normalized spacial score (nSPS) is 12.5. The van der Waals surface area contributed by atoms with Crippen molar-refractivity contribution in [1.82, 2.24) is 0 Å². The van der Waals surface area contributed by atoms with Crippen LogP contribution >= 0.6 is 0 Å². The zero-order chi connectivity index (χ0) is 8.85. The summed E-state index contributed by atoms with van der Waals surface area (Å²) in [6.07, 6.45) is 0.705. The van der Waals surface area contributed by atoms with E-state index in [9.17, 15) is 4.79 Å². The van der Waals surface area contributed by atoms with Crippen LogP contribution in [0.15, 0.2) is 0 Å². The number of carboxylic acids is 1. The molecule has 0 aromatic heterocycles. The minimum Gasteiger partial charge on any atom is -0.481 e. The molecule has 1 atom stereocenters. The summed E-state index contributed by atoms with van der Waals surface area (Å²) in [5.41, 5.74) is 0. The molecule has 0 aliphatic heterocycles. The lowest BCUT2D eigenvalue weighted by molar-refractivity contribution is -0.142. The third kappa shape index (κ3) is 4.38. The quantitative estimate of drug-likeness (QED) is 0.671. The van der Waals surface area contributed by atoms with Crippen molar-refractivity contribution in [3.05, 3.63) is 0 Å². The smallest absolute Gasteiger partial charge is 0.307 e. The van der Waals surface area contributed by atoms with Crippen LogP contribution in [0.25, 0.3) is 0 Å². The van der Waals surface area contributed by atoms with Gasteiger partial charge in [-0.2, -0.15) is 5.26 Å². The summed E-state index contributed by atoms with van der Waals surface area (Å²) in [6, 6.07) is 1.87. The molecule has 0 spiro atoms. The maximum Gasteiger partial charge on any atom is 0.307 e. The van der Waals surface area contributed by atoms with Gasteiger partial charge in [-0.1, -0.05) is 13.8 Å². The summed E-state index contributed by atoms with van der Waals surface area (Å²) in [5, 5.41) is 16.9. The molecule has 0 rings (SSSR count). The summed E-state index contributed by atoms with van der Waals surface area (Å²) in [4.78, 5) is 10.5. The van der Waals surface area contributed by atoms with Crippen molar-refractivity contribution in [2.24, 2.45) is 11.8 Å². The van der Waals surface area contributed by atoms with Crippen molar-refractivity contribution in [2.75, 3.05) is 0 Å². The number of nitrogens with zero attached hydrogens (tertiary/aromatic N) is 1. The molecule has 0 saturated carbocycles. The van der Waals surface area contributed by atoms with E-state index in [0.29, 0.717) is 12.3 Å². The van der Waals surface area contributed by atoms with Crippen molar-refractivity contribution in [1.29, 1.82) is 5.26 Å². The molecule has 3 heteroatoms. The fourth-order valence-electron chi connectivity index (χ4n) is 0.951. The van der Waals surface area contributed by atoms with Gasteiger partial charge in [0, 0.05) is 6.42 Å². The fourth-order valence-corrected chi connectivity index (χ4v) is 0.951. The Morgan fingerprint density at radius 2 is 2.18 bits per heavy atom. The van der Waals surface area contributed by atoms with E-state index >= 15 is 0 Å². The summed E-state index contributed by atoms with van der Waals surface area (Å²) >= 11 is 0. The Balaban J connectivity index is 3.92. The van der Waals surface area contributed by atoms with Gasteiger partial charge in [-0.25, -0.2) is 0 Å². The first kappa shape index (κ1) is 9.96. The van der Waals surface area contributed by atoms with E-state index in [1.165, 1.54) is 0 Å². The van der Waals surface area contributed by atoms with Crippen LogP contribution in [0.5, 0.6) is 0 Å². The largest absolute Gasteiger partial charge is 0.481 e. The van der Waals surface area contributed by atoms with E-state index < -0.39 is 11.9 Å². The molecule has 0 aliphatic rings. The fraction of sp³-hybridized carbons (Fsp3) is 0.750. The Labute approximate surface area is 66.6 Å². The SMILES string of the molecule is CC(C)C[C@H](CC#N)C(=O)O. The minimum absolute atomic E-state index is 0.119. The third-order valence-electron chi connectivity index (χ3n) is 1.44. The van der Waals surface area contributed by atoms with Gasteiger partial charge in [-0.3, -0.25) is 4.79 Å². The molecule has 11 heavy (non-hydrogen) atoms. The number of aliphatic carboxylic acids is 1. The maximum atomic E-state index is 10.5. The number of nitriles is 1. The molecule has 0 radical (unpaired) electrons. The third-order valence-corrected chi connectivity index (χ3v) is 1.44. The van der Waals surface area contributed by atoms with Gasteiger partial charge in [-0.05, 0) is 12.3 Å². The lowest BCUT2D eigenvalue weighted by atomic mass is 9.95. The first-order chi connectivity index (χ1) is 5.07. The van der Waals surface area contributed by atoms with Gasteiger partial charge in [-0.15, -0.1) is 0 Å². The molecule has 0 amide bonds. The molecular formula is C8H13NO2. The average Bonchev–Trinajstić information content (AvgIpc) is 1.86. The van der Waals surface area contributed by atoms with E-state index in [4.69, 9.17) is 10.4 Å². The highest BCUT2D eigenvalue weighted by molar-refractivity contribution is 5.70. The Kier molecular flexibility index (Phi) is 4.28. The second-order valence-corrected chi connectivity index (χ2v) is 3.03. The Hall–Kier alpha value is -1.04. The number of carbonyl (C=O) groups is 1. The molecule has 0 aromatic rings. The van der Waals surface area contributed by atoms with Crippen molar-refractivity contribution in [2.45, 2.75) is 26.7 Å². The number of carboxylic acid groups (broad SMARTS) is 1. The van der Waals surface area contributed by atoms with Crippen molar-refractivity contribution in [3.8, 4) is 6.07 Å². The van der Waals surface area contributed by atoms with Crippen LogP contribution in [-0.2, 0) is 4.79 Å². The molecule has 0 bridgehead atoms. The van der Waals surface area contributed by atoms with Gasteiger partial charge in [0.15, 0.2) is 0 Å². The molecule has 0 saturated heterocycles. The van der Waals surface area contributed by atoms with E-state index in [2.05, 4.69) is 0 Å². The van der Waals surface area contributed by atoms with Crippen LogP contribution in [0.1, 0.15) is 26.7 Å². The molecule has 62 valence electrons. The van der Waals surface area contributed by atoms with Crippen LogP contribution < -0.4 is 0 Å². The monoisotopic (exact) mass is 155 g/mol. The Morgan fingerprint density at radius 3 is 2.45 bits per heavy atom. The van der Waals surface area contributed by atoms with Gasteiger partial charge in [0.05, 0.1) is 12.0 Å². The van der Waals surface area contributed by atoms with Crippen molar-refractivity contribution >= 4 is 5.97 Å². The number of hydrogen-bond acceptors (Lipinski definition) is 2. The zero-order valence-electron chi connectivity index (χ0n) is 6.87. The van der Waals surface area contributed by atoms with Crippen LogP contribution in [0.4, 0.5) is 0 Å². The van der Waals surface area contributed by atoms with Gasteiger partial charge in [0.25, 0.3) is 0 Å². The van der Waals surface area contributed by atoms with Gasteiger partial charge < -0.3 is 5.11 Å². The number of rotatable bonds is 4. The van der Waals surface area contributed by atoms with Crippen LogP contribution in [0.2, 0.25) is 0 Å². The average molecular weight is 155 g/mol. The lowest BCUT2D eigenvalue weighted by Gasteiger charge is -2.09. The summed E-state index contributed by atoms with van der Waals surface area (Å²) in [7, 11) is 0. The van der Waals surface area contributed by atoms with Gasteiger partial charge in [0.2, 0.25) is 0 Å². The minimum atomic E-state index is -0.861. The highest BCUT2D eigenvalue weighted by Crippen LogP contribution is 2.14. The number of hydrogen-bond donors (Lipinski definition) is 1. The maximum absolute atomic E-state index is 10.5. The lowest BCUT2D eigenvalue weighted by Crippen LogP contribution is -2.15.